The molecule has 4 nitrogen and oxygen atoms in total. The Morgan fingerprint density at radius 2 is 1.72 bits per heavy atom. The Morgan fingerprint density at radius 1 is 1.08 bits per heavy atom. The van der Waals surface area contributed by atoms with Gasteiger partial charge in [0.2, 0.25) is 0 Å². The van der Waals surface area contributed by atoms with E-state index in [2.05, 4.69) is 19.9 Å². The number of phenols is 3. The largest absolute Gasteiger partial charge is 0.507 e. The summed E-state index contributed by atoms with van der Waals surface area (Å²) in [4.78, 5) is 12.3. The number of carbonyl (C=O) groups excluding carboxylic acids is 1. The molecular formula is C21H30O4. The number of hydrogen-bond acceptors (Lipinski definition) is 4. The van der Waals surface area contributed by atoms with Crippen molar-refractivity contribution in [2.75, 3.05) is 0 Å². The fraction of sp³-hybridized carbons (Fsp3) is 0.476. The molecular weight excluding hydrogens is 316 g/mol. The molecule has 0 aliphatic rings. The van der Waals surface area contributed by atoms with Crippen molar-refractivity contribution in [2.24, 2.45) is 5.92 Å². The number of phenolic OH excluding ortho intramolecular Hbond substituents is 3. The predicted molar refractivity (Wildman–Crippen MR) is 101 cm³/mol. The molecule has 1 aromatic rings. The molecule has 3 N–H and O–H groups in total. The van der Waals surface area contributed by atoms with Crippen LogP contribution in [-0.4, -0.2) is 21.1 Å². The van der Waals surface area contributed by atoms with Crippen molar-refractivity contribution in [3.8, 4) is 17.2 Å². The van der Waals surface area contributed by atoms with E-state index in [-0.39, 0.29) is 46.5 Å². The predicted octanol–water partition coefficient (Wildman–Crippen LogP) is 5.27. The molecule has 1 rings (SSSR count). The first-order chi connectivity index (χ1) is 11.6. The summed E-state index contributed by atoms with van der Waals surface area (Å²) in [5, 5.41) is 30.4. The number of aromatic hydroxyl groups is 3. The Morgan fingerprint density at radius 3 is 2.28 bits per heavy atom. The molecule has 0 amide bonds. The van der Waals surface area contributed by atoms with Crippen LogP contribution < -0.4 is 0 Å². The first-order valence-electron chi connectivity index (χ1n) is 8.72. The lowest BCUT2D eigenvalue weighted by molar-refractivity contribution is 0.0962. The van der Waals surface area contributed by atoms with Gasteiger partial charge in [-0.2, -0.15) is 0 Å². The van der Waals surface area contributed by atoms with Crippen LogP contribution in [0.2, 0.25) is 0 Å². The number of Topliss-reactive ketones (excluding diaryl/α,β-unsaturated/α-hetero) is 1. The zero-order chi connectivity index (χ0) is 19.1. The van der Waals surface area contributed by atoms with Crippen molar-refractivity contribution in [1.29, 1.82) is 0 Å². The summed E-state index contributed by atoms with van der Waals surface area (Å²) in [7, 11) is 0. The van der Waals surface area contributed by atoms with Crippen LogP contribution in [0, 0.1) is 5.92 Å². The second-order valence-electron chi connectivity index (χ2n) is 7.21. The first-order valence-corrected chi connectivity index (χ1v) is 8.72. The Balaban J connectivity index is 3.04. The molecule has 0 fully saturated rings. The smallest absolute Gasteiger partial charge is 0.170 e. The number of ketones is 1. The van der Waals surface area contributed by atoms with E-state index in [9.17, 15) is 20.1 Å². The lowest BCUT2D eigenvalue weighted by Crippen LogP contribution is -2.05. The van der Waals surface area contributed by atoms with Gasteiger partial charge >= 0.3 is 0 Å². The molecule has 0 spiro atoms. The van der Waals surface area contributed by atoms with E-state index < -0.39 is 0 Å². The highest BCUT2D eigenvalue weighted by molar-refractivity contribution is 6.02. The van der Waals surface area contributed by atoms with Crippen molar-refractivity contribution in [3.05, 3.63) is 40.5 Å². The lowest BCUT2D eigenvalue weighted by Gasteiger charge is -2.13. The van der Waals surface area contributed by atoms with Crippen molar-refractivity contribution >= 4 is 5.78 Å². The summed E-state index contributed by atoms with van der Waals surface area (Å²) in [6, 6.07) is 1.13. The Bertz CT molecular complexity index is 678. The van der Waals surface area contributed by atoms with Crippen molar-refractivity contribution in [1.82, 2.24) is 0 Å². The van der Waals surface area contributed by atoms with Gasteiger partial charge in [0.05, 0.1) is 0 Å². The van der Waals surface area contributed by atoms with Gasteiger partial charge in [0.25, 0.3) is 0 Å². The van der Waals surface area contributed by atoms with Crippen LogP contribution in [0.25, 0.3) is 0 Å². The van der Waals surface area contributed by atoms with Gasteiger partial charge in [-0.3, -0.25) is 4.79 Å². The van der Waals surface area contributed by atoms with E-state index in [4.69, 9.17) is 0 Å². The zero-order valence-electron chi connectivity index (χ0n) is 15.9. The first kappa shape index (κ1) is 20.8. The molecule has 0 aromatic heterocycles. The van der Waals surface area contributed by atoms with Gasteiger partial charge in [-0.1, -0.05) is 37.1 Å². The van der Waals surface area contributed by atoms with E-state index in [0.717, 1.165) is 24.5 Å². The number of hydrogen-bond donors (Lipinski definition) is 3. The SMILES string of the molecule is CC(C)=CCCC(C)=CCc1c(O)cc(O)c(C(=O)CC(C)C)c1O. The second-order valence-corrected chi connectivity index (χ2v) is 7.21. The molecule has 4 heteroatoms. The highest BCUT2D eigenvalue weighted by atomic mass is 16.3. The van der Waals surface area contributed by atoms with Crippen molar-refractivity contribution in [2.45, 2.75) is 60.3 Å². The molecule has 0 atom stereocenters. The van der Waals surface area contributed by atoms with Crippen molar-refractivity contribution < 1.29 is 20.1 Å². The Hall–Kier alpha value is -2.23. The van der Waals surface area contributed by atoms with E-state index >= 15 is 0 Å². The third-order valence-electron chi connectivity index (χ3n) is 3.98. The van der Waals surface area contributed by atoms with E-state index in [0.29, 0.717) is 6.42 Å². The quantitative estimate of drug-likeness (QED) is 0.443. The van der Waals surface area contributed by atoms with Gasteiger partial charge < -0.3 is 15.3 Å². The Labute approximate surface area is 150 Å². The fourth-order valence-electron chi connectivity index (χ4n) is 2.60. The average Bonchev–Trinajstić information content (AvgIpc) is 2.45. The van der Waals surface area contributed by atoms with E-state index in [1.165, 1.54) is 5.57 Å². The third kappa shape index (κ3) is 6.29. The van der Waals surface area contributed by atoms with Crippen LogP contribution >= 0.6 is 0 Å². The number of carbonyl (C=O) groups is 1. The lowest BCUT2D eigenvalue weighted by atomic mass is 9.95. The molecule has 25 heavy (non-hydrogen) atoms. The van der Waals surface area contributed by atoms with E-state index in [1.807, 2.05) is 26.8 Å². The number of allylic oxidation sites excluding steroid dienone is 4. The summed E-state index contributed by atoms with van der Waals surface area (Å²) in [6.45, 7) is 9.90. The molecule has 138 valence electrons. The van der Waals surface area contributed by atoms with Crippen LogP contribution in [0.1, 0.15) is 69.8 Å². The summed E-state index contributed by atoms with van der Waals surface area (Å²) >= 11 is 0. The summed E-state index contributed by atoms with van der Waals surface area (Å²) in [5.74, 6) is -1.12. The molecule has 1 aromatic carbocycles. The van der Waals surface area contributed by atoms with Gasteiger partial charge in [-0.05, 0) is 46.0 Å². The van der Waals surface area contributed by atoms with Crippen LogP contribution in [0.5, 0.6) is 17.2 Å². The van der Waals surface area contributed by atoms with Crippen LogP contribution in [-0.2, 0) is 6.42 Å². The van der Waals surface area contributed by atoms with Crippen LogP contribution in [0.15, 0.2) is 29.4 Å². The molecule has 0 aliphatic heterocycles. The molecule has 0 saturated heterocycles. The van der Waals surface area contributed by atoms with Gasteiger partial charge in [0, 0.05) is 18.1 Å². The van der Waals surface area contributed by atoms with Crippen LogP contribution in [0.4, 0.5) is 0 Å². The molecule has 0 radical (unpaired) electrons. The van der Waals surface area contributed by atoms with E-state index in [1.54, 1.807) is 0 Å². The standard InChI is InChI=1S/C21H30O4/c1-13(2)7-6-8-15(5)9-10-16-17(22)12-19(24)20(21(16)25)18(23)11-14(3)4/h7,9,12,14,22,24-25H,6,8,10-11H2,1-5H3. The molecule has 0 bridgehead atoms. The fourth-order valence-corrected chi connectivity index (χ4v) is 2.60. The van der Waals surface area contributed by atoms with Gasteiger partial charge in [0.1, 0.15) is 22.8 Å². The van der Waals surface area contributed by atoms with Gasteiger partial charge in [-0.15, -0.1) is 0 Å². The van der Waals surface area contributed by atoms with Crippen LogP contribution in [0.3, 0.4) is 0 Å². The topological polar surface area (TPSA) is 77.8 Å². The number of benzene rings is 1. The van der Waals surface area contributed by atoms with Crippen molar-refractivity contribution in [3.63, 3.8) is 0 Å². The Kier molecular flexibility index (Phi) is 7.75. The molecule has 0 heterocycles. The maximum Gasteiger partial charge on any atom is 0.170 e. The molecule has 0 aliphatic carbocycles. The maximum atomic E-state index is 12.3. The normalized spacial score (nSPS) is 11.7. The minimum Gasteiger partial charge on any atom is -0.507 e. The summed E-state index contributed by atoms with van der Waals surface area (Å²) in [6.07, 6.45) is 6.46. The minimum absolute atomic E-state index is 0.0999. The molecule has 0 unspecified atom stereocenters. The highest BCUT2D eigenvalue weighted by Crippen LogP contribution is 2.39. The zero-order valence-corrected chi connectivity index (χ0v) is 15.9. The molecule has 0 saturated carbocycles. The monoisotopic (exact) mass is 346 g/mol. The third-order valence-corrected chi connectivity index (χ3v) is 3.98. The maximum absolute atomic E-state index is 12.3. The highest BCUT2D eigenvalue weighted by Gasteiger charge is 2.22. The average molecular weight is 346 g/mol. The van der Waals surface area contributed by atoms with Gasteiger partial charge in [-0.25, -0.2) is 0 Å². The summed E-state index contributed by atoms with van der Waals surface area (Å²) in [5.41, 5.74) is 2.58. The minimum atomic E-state index is -0.381. The number of rotatable bonds is 8. The summed E-state index contributed by atoms with van der Waals surface area (Å²) < 4.78 is 0. The van der Waals surface area contributed by atoms with Gasteiger partial charge in [0.15, 0.2) is 5.78 Å². The second kappa shape index (κ2) is 9.30.